The molecule has 0 unspecified atom stereocenters. The number of rotatable bonds is 4. The minimum atomic E-state index is 0.0745. The molecule has 1 aliphatic heterocycles. The van der Waals surface area contributed by atoms with Crippen LogP contribution in [0, 0.1) is 0 Å². The minimum absolute atomic E-state index is 0.0745. The van der Waals surface area contributed by atoms with Crippen molar-refractivity contribution in [3.05, 3.63) is 59.7 Å². The highest BCUT2D eigenvalue weighted by Gasteiger charge is 2.37. The zero-order valence-corrected chi connectivity index (χ0v) is 14.2. The largest absolute Gasteiger partial charge is 0.497 e. The first-order valence-corrected chi connectivity index (χ1v) is 8.15. The maximum absolute atomic E-state index is 5.32. The molecule has 0 aliphatic carbocycles. The molecule has 23 heavy (non-hydrogen) atoms. The molecule has 2 aromatic carbocycles. The molecule has 1 aliphatic rings. The van der Waals surface area contributed by atoms with E-state index in [1.165, 1.54) is 11.1 Å². The third-order valence-corrected chi connectivity index (χ3v) is 5.13. The van der Waals surface area contributed by atoms with Gasteiger partial charge < -0.3 is 14.4 Å². The van der Waals surface area contributed by atoms with Crippen LogP contribution in [0.2, 0.25) is 0 Å². The lowest BCUT2D eigenvalue weighted by Crippen LogP contribution is -2.41. The fourth-order valence-corrected chi connectivity index (χ4v) is 3.56. The standard InChI is InChI=1S/C20H25NO2/c1-21-14-12-20(13-15-21,16-4-8-18(22-2)9-5-16)17-6-10-19(23-3)11-7-17/h4-11H,12-15H2,1-3H3. The number of benzene rings is 2. The Kier molecular flexibility index (Phi) is 4.58. The van der Waals surface area contributed by atoms with Gasteiger partial charge in [-0.15, -0.1) is 0 Å². The Hall–Kier alpha value is -2.00. The molecule has 0 amide bonds. The molecule has 3 heteroatoms. The van der Waals surface area contributed by atoms with Crippen LogP contribution in [0.5, 0.6) is 11.5 Å². The van der Waals surface area contributed by atoms with Gasteiger partial charge in [-0.1, -0.05) is 24.3 Å². The van der Waals surface area contributed by atoms with Crippen LogP contribution in [0.3, 0.4) is 0 Å². The predicted molar refractivity (Wildman–Crippen MR) is 93.5 cm³/mol. The first-order valence-electron chi connectivity index (χ1n) is 8.15. The highest BCUT2D eigenvalue weighted by molar-refractivity contribution is 5.44. The summed E-state index contributed by atoms with van der Waals surface area (Å²) in [6, 6.07) is 17.1. The summed E-state index contributed by atoms with van der Waals surface area (Å²) in [4.78, 5) is 2.41. The van der Waals surface area contributed by atoms with Crippen molar-refractivity contribution in [3.8, 4) is 11.5 Å². The van der Waals surface area contributed by atoms with Crippen molar-refractivity contribution in [1.82, 2.24) is 4.90 Å². The Morgan fingerprint density at radius 3 is 1.48 bits per heavy atom. The van der Waals surface area contributed by atoms with E-state index in [1.54, 1.807) is 14.2 Å². The average Bonchev–Trinajstić information content (AvgIpc) is 2.63. The van der Waals surface area contributed by atoms with Crippen LogP contribution in [0.25, 0.3) is 0 Å². The monoisotopic (exact) mass is 311 g/mol. The minimum Gasteiger partial charge on any atom is -0.497 e. The zero-order chi connectivity index (χ0) is 16.3. The van der Waals surface area contributed by atoms with E-state index in [0.717, 1.165) is 37.4 Å². The Morgan fingerprint density at radius 1 is 0.739 bits per heavy atom. The van der Waals surface area contributed by atoms with Gasteiger partial charge in [0.1, 0.15) is 11.5 Å². The fraction of sp³-hybridized carbons (Fsp3) is 0.400. The SMILES string of the molecule is COc1ccc(C2(c3ccc(OC)cc3)CCN(C)CC2)cc1. The van der Waals surface area contributed by atoms with Crippen molar-refractivity contribution in [1.29, 1.82) is 0 Å². The van der Waals surface area contributed by atoms with Crippen molar-refractivity contribution in [3.63, 3.8) is 0 Å². The van der Waals surface area contributed by atoms with Gasteiger partial charge in [0, 0.05) is 5.41 Å². The lowest BCUT2D eigenvalue weighted by molar-refractivity contribution is 0.213. The van der Waals surface area contributed by atoms with Gasteiger partial charge in [-0.2, -0.15) is 0 Å². The number of hydrogen-bond acceptors (Lipinski definition) is 3. The smallest absolute Gasteiger partial charge is 0.118 e. The molecule has 0 radical (unpaired) electrons. The lowest BCUT2D eigenvalue weighted by atomic mass is 9.68. The molecule has 1 saturated heterocycles. The predicted octanol–water partition coefficient (Wildman–Crippen LogP) is 3.72. The summed E-state index contributed by atoms with van der Waals surface area (Å²) in [6.07, 6.45) is 2.25. The van der Waals surface area contributed by atoms with Gasteiger partial charge >= 0.3 is 0 Å². The Balaban J connectivity index is 2.02. The second-order valence-electron chi connectivity index (χ2n) is 6.34. The number of likely N-dealkylation sites (tertiary alicyclic amines) is 1. The van der Waals surface area contributed by atoms with Crippen LogP contribution in [0.4, 0.5) is 0 Å². The molecule has 0 aromatic heterocycles. The Labute approximate surface area is 138 Å². The molecule has 122 valence electrons. The quantitative estimate of drug-likeness (QED) is 0.859. The van der Waals surface area contributed by atoms with Gasteiger partial charge in [0.25, 0.3) is 0 Å². The third-order valence-electron chi connectivity index (χ3n) is 5.13. The Bertz CT molecular complexity index is 576. The summed E-state index contributed by atoms with van der Waals surface area (Å²) >= 11 is 0. The van der Waals surface area contributed by atoms with Crippen LogP contribution < -0.4 is 9.47 Å². The van der Waals surface area contributed by atoms with E-state index in [4.69, 9.17) is 9.47 Å². The van der Waals surface area contributed by atoms with Crippen LogP contribution in [-0.4, -0.2) is 39.3 Å². The van der Waals surface area contributed by atoms with Gasteiger partial charge in [-0.3, -0.25) is 0 Å². The molecule has 0 atom stereocenters. The van der Waals surface area contributed by atoms with E-state index in [2.05, 4.69) is 60.5 Å². The van der Waals surface area contributed by atoms with Gasteiger partial charge in [-0.05, 0) is 68.4 Å². The molecule has 3 rings (SSSR count). The second kappa shape index (κ2) is 6.63. The number of nitrogens with zero attached hydrogens (tertiary/aromatic N) is 1. The van der Waals surface area contributed by atoms with Crippen molar-refractivity contribution >= 4 is 0 Å². The molecular formula is C20H25NO2. The van der Waals surface area contributed by atoms with Gasteiger partial charge in [0.2, 0.25) is 0 Å². The van der Waals surface area contributed by atoms with Crippen LogP contribution >= 0.6 is 0 Å². The highest BCUT2D eigenvalue weighted by atomic mass is 16.5. The van der Waals surface area contributed by atoms with E-state index >= 15 is 0 Å². The normalized spacial score (nSPS) is 17.7. The van der Waals surface area contributed by atoms with Crippen LogP contribution in [0.1, 0.15) is 24.0 Å². The first-order chi connectivity index (χ1) is 11.2. The maximum Gasteiger partial charge on any atom is 0.118 e. The molecule has 0 saturated carbocycles. The van der Waals surface area contributed by atoms with Gasteiger partial charge in [0.05, 0.1) is 14.2 Å². The van der Waals surface area contributed by atoms with Crippen molar-refractivity contribution in [2.45, 2.75) is 18.3 Å². The fourth-order valence-electron chi connectivity index (χ4n) is 3.56. The molecule has 0 spiro atoms. The van der Waals surface area contributed by atoms with E-state index in [-0.39, 0.29) is 5.41 Å². The topological polar surface area (TPSA) is 21.7 Å². The Morgan fingerprint density at radius 2 is 1.13 bits per heavy atom. The van der Waals surface area contributed by atoms with Crippen molar-refractivity contribution in [2.75, 3.05) is 34.4 Å². The molecule has 2 aromatic rings. The van der Waals surface area contributed by atoms with E-state index < -0.39 is 0 Å². The zero-order valence-electron chi connectivity index (χ0n) is 14.2. The number of methoxy groups -OCH3 is 2. The van der Waals surface area contributed by atoms with Gasteiger partial charge in [-0.25, -0.2) is 0 Å². The van der Waals surface area contributed by atoms with Gasteiger partial charge in [0.15, 0.2) is 0 Å². The number of piperidine rings is 1. The van der Waals surface area contributed by atoms with Crippen LogP contribution in [0.15, 0.2) is 48.5 Å². The van der Waals surface area contributed by atoms with E-state index in [1.807, 2.05) is 0 Å². The van der Waals surface area contributed by atoms with Crippen molar-refractivity contribution < 1.29 is 9.47 Å². The first kappa shape index (κ1) is 15.9. The van der Waals surface area contributed by atoms with Crippen LogP contribution in [-0.2, 0) is 5.41 Å². The molecular weight excluding hydrogens is 286 g/mol. The highest BCUT2D eigenvalue weighted by Crippen LogP contribution is 2.42. The summed E-state index contributed by atoms with van der Waals surface area (Å²) in [5.41, 5.74) is 2.82. The summed E-state index contributed by atoms with van der Waals surface area (Å²) in [5, 5.41) is 0. The summed E-state index contributed by atoms with van der Waals surface area (Å²) in [5.74, 6) is 1.82. The second-order valence-corrected chi connectivity index (χ2v) is 6.34. The summed E-state index contributed by atoms with van der Waals surface area (Å²) < 4.78 is 10.6. The lowest BCUT2D eigenvalue weighted by Gasteiger charge is -2.42. The third kappa shape index (κ3) is 3.06. The molecule has 0 bridgehead atoms. The molecule has 0 N–H and O–H groups in total. The number of hydrogen-bond donors (Lipinski definition) is 0. The molecule has 1 fully saturated rings. The van der Waals surface area contributed by atoms with Crippen molar-refractivity contribution in [2.24, 2.45) is 0 Å². The number of ether oxygens (including phenoxy) is 2. The summed E-state index contributed by atoms with van der Waals surface area (Å²) in [6.45, 7) is 2.22. The molecule has 3 nitrogen and oxygen atoms in total. The van der Waals surface area contributed by atoms with E-state index in [9.17, 15) is 0 Å². The van der Waals surface area contributed by atoms with E-state index in [0.29, 0.717) is 0 Å². The maximum atomic E-state index is 5.32. The summed E-state index contributed by atoms with van der Waals surface area (Å²) in [7, 11) is 5.62. The molecule has 1 heterocycles. The average molecular weight is 311 g/mol.